The number of ether oxygens (including phenoxy) is 3. The molecule has 2 aromatic rings. The van der Waals surface area contributed by atoms with E-state index >= 15 is 0 Å². The van der Waals surface area contributed by atoms with Crippen molar-refractivity contribution in [2.75, 3.05) is 31.3 Å². The third kappa shape index (κ3) is 4.88. The van der Waals surface area contributed by atoms with Crippen LogP contribution in [-0.2, 0) is 14.4 Å². The molecule has 1 atom stereocenters. The van der Waals surface area contributed by atoms with Crippen molar-refractivity contribution in [3.05, 3.63) is 48.0 Å². The first kappa shape index (κ1) is 20.5. The summed E-state index contributed by atoms with van der Waals surface area (Å²) in [4.78, 5) is 38.4. The molecule has 1 fully saturated rings. The summed E-state index contributed by atoms with van der Waals surface area (Å²) >= 11 is 0. The molecule has 3 amide bonds. The van der Waals surface area contributed by atoms with Crippen molar-refractivity contribution in [3.8, 4) is 17.2 Å². The number of hydrazine groups is 1. The summed E-state index contributed by atoms with van der Waals surface area (Å²) in [6, 6.07) is 12.5. The number of aryl methyl sites for hydroxylation is 1. The largest absolute Gasteiger partial charge is 0.486 e. The normalized spacial score (nSPS) is 17.3. The van der Waals surface area contributed by atoms with Crippen LogP contribution in [0.2, 0.25) is 0 Å². The molecule has 1 saturated heterocycles. The van der Waals surface area contributed by atoms with E-state index in [-0.39, 0.29) is 25.5 Å². The first-order chi connectivity index (χ1) is 15.0. The molecule has 9 nitrogen and oxygen atoms in total. The van der Waals surface area contributed by atoms with Crippen LogP contribution in [0.15, 0.2) is 42.5 Å². The van der Waals surface area contributed by atoms with Crippen LogP contribution in [0.25, 0.3) is 0 Å². The third-order valence-corrected chi connectivity index (χ3v) is 5.02. The zero-order chi connectivity index (χ0) is 21.8. The fraction of sp³-hybridized carbons (Fsp3) is 0.318. The van der Waals surface area contributed by atoms with E-state index in [1.165, 1.54) is 4.90 Å². The van der Waals surface area contributed by atoms with Gasteiger partial charge < -0.3 is 19.1 Å². The van der Waals surface area contributed by atoms with Gasteiger partial charge in [0.15, 0.2) is 18.1 Å². The monoisotopic (exact) mass is 425 g/mol. The van der Waals surface area contributed by atoms with Gasteiger partial charge in [-0.2, -0.15) is 0 Å². The lowest BCUT2D eigenvalue weighted by Gasteiger charge is -2.22. The van der Waals surface area contributed by atoms with Crippen molar-refractivity contribution in [2.24, 2.45) is 5.92 Å². The number of amides is 3. The van der Waals surface area contributed by atoms with Gasteiger partial charge in [-0.1, -0.05) is 12.1 Å². The number of nitrogens with one attached hydrogen (secondary N) is 2. The number of hydrogen-bond acceptors (Lipinski definition) is 6. The summed E-state index contributed by atoms with van der Waals surface area (Å²) in [5.74, 6) is 0.0830. The molecule has 2 aromatic carbocycles. The van der Waals surface area contributed by atoms with Gasteiger partial charge in [0.2, 0.25) is 11.8 Å². The zero-order valence-electron chi connectivity index (χ0n) is 17.1. The van der Waals surface area contributed by atoms with E-state index < -0.39 is 17.7 Å². The average Bonchev–Trinajstić information content (AvgIpc) is 3.17. The van der Waals surface area contributed by atoms with Gasteiger partial charge in [-0.05, 0) is 36.8 Å². The van der Waals surface area contributed by atoms with Crippen LogP contribution in [0.5, 0.6) is 17.2 Å². The van der Waals surface area contributed by atoms with Crippen LogP contribution in [-0.4, -0.2) is 44.1 Å². The van der Waals surface area contributed by atoms with Crippen molar-refractivity contribution in [3.63, 3.8) is 0 Å². The highest BCUT2D eigenvalue weighted by molar-refractivity contribution is 6.00. The number of benzene rings is 2. The van der Waals surface area contributed by atoms with Crippen LogP contribution in [0.1, 0.15) is 12.0 Å². The number of hydrogen-bond donors (Lipinski definition) is 2. The number of carbonyl (C=O) groups excluding carboxylic acids is 3. The van der Waals surface area contributed by atoms with E-state index in [4.69, 9.17) is 14.2 Å². The molecule has 1 unspecified atom stereocenters. The van der Waals surface area contributed by atoms with E-state index in [0.717, 1.165) is 5.56 Å². The predicted octanol–water partition coefficient (Wildman–Crippen LogP) is 1.35. The Morgan fingerprint density at radius 3 is 2.71 bits per heavy atom. The van der Waals surface area contributed by atoms with Crippen molar-refractivity contribution in [2.45, 2.75) is 13.3 Å². The highest BCUT2D eigenvalue weighted by Gasteiger charge is 2.35. The number of nitrogens with zero attached hydrogens (tertiary/aromatic N) is 1. The van der Waals surface area contributed by atoms with E-state index in [1.54, 1.807) is 24.3 Å². The van der Waals surface area contributed by atoms with Crippen molar-refractivity contribution >= 4 is 23.4 Å². The molecule has 0 spiro atoms. The van der Waals surface area contributed by atoms with Crippen molar-refractivity contribution in [1.29, 1.82) is 0 Å². The second kappa shape index (κ2) is 8.95. The Bertz CT molecular complexity index is 1010. The van der Waals surface area contributed by atoms with Gasteiger partial charge in [-0.15, -0.1) is 0 Å². The molecule has 0 aliphatic carbocycles. The standard InChI is InChI=1S/C22H23N3O6/c1-14-3-2-4-17(9-14)31-13-20(26)23-24-22(28)15-10-21(27)25(12-15)16-5-6-18-19(11-16)30-8-7-29-18/h2-6,9,11,15H,7-8,10,12-13H2,1H3,(H,23,26)(H,24,28). The molecule has 0 saturated carbocycles. The molecular formula is C22H23N3O6. The van der Waals surface area contributed by atoms with Gasteiger partial charge in [0.1, 0.15) is 19.0 Å². The molecule has 9 heteroatoms. The molecule has 2 N–H and O–H groups in total. The van der Waals surface area contributed by atoms with Crippen molar-refractivity contribution < 1.29 is 28.6 Å². The van der Waals surface area contributed by atoms with Crippen LogP contribution in [0, 0.1) is 12.8 Å². The fourth-order valence-electron chi connectivity index (χ4n) is 3.46. The zero-order valence-corrected chi connectivity index (χ0v) is 17.1. The van der Waals surface area contributed by atoms with E-state index in [1.807, 2.05) is 25.1 Å². The molecule has 31 heavy (non-hydrogen) atoms. The third-order valence-electron chi connectivity index (χ3n) is 5.02. The predicted molar refractivity (Wildman–Crippen MR) is 111 cm³/mol. The second-order valence-corrected chi connectivity index (χ2v) is 7.38. The minimum absolute atomic E-state index is 0.0515. The van der Waals surface area contributed by atoms with Crippen LogP contribution in [0.3, 0.4) is 0 Å². The topological polar surface area (TPSA) is 106 Å². The second-order valence-electron chi connectivity index (χ2n) is 7.38. The smallest absolute Gasteiger partial charge is 0.276 e. The highest BCUT2D eigenvalue weighted by atomic mass is 16.6. The van der Waals surface area contributed by atoms with Crippen LogP contribution in [0.4, 0.5) is 5.69 Å². The molecule has 4 rings (SSSR count). The van der Waals surface area contributed by atoms with E-state index in [0.29, 0.717) is 36.1 Å². The molecule has 0 bridgehead atoms. The average molecular weight is 425 g/mol. The summed E-state index contributed by atoms with van der Waals surface area (Å²) in [5, 5.41) is 0. The van der Waals surface area contributed by atoms with Gasteiger partial charge in [-0.3, -0.25) is 25.2 Å². The summed E-state index contributed by atoms with van der Waals surface area (Å²) < 4.78 is 16.4. The number of fused-ring (bicyclic) bond motifs is 1. The minimum Gasteiger partial charge on any atom is -0.486 e. The van der Waals surface area contributed by atoms with Crippen LogP contribution < -0.4 is 30.0 Å². The van der Waals surface area contributed by atoms with Crippen molar-refractivity contribution in [1.82, 2.24) is 10.9 Å². The lowest BCUT2D eigenvalue weighted by molar-refractivity contribution is -0.132. The van der Waals surface area contributed by atoms with Gasteiger partial charge >= 0.3 is 0 Å². The Morgan fingerprint density at radius 1 is 1.10 bits per heavy atom. The quantitative estimate of drug-likeness (QED) is 0.701. The number of anilines is 1. The molecule has 2 aliphatic heterocycles. The fourth-order valence-corrected chi connectivity index (χ4v) is 3.46. The summed E-state index contributed by atoms with van der Waals surface area (Å²) in [6.45, 7) is 2.82. The van der Waals surface area contributed by atoms with E-state index in [2.05, 4.69) is 10.9 Å². The Balaban J connectivity index is 1.27. The van der Waals surface area contributed by atoms with Gasteiger partial charge in [0, 0.05) is 24.7 Å². The molecule has 2 heterocycles. The Hall–Kier alpha value is -3.75. The summed E-state index contributed by atoms with van der Waals surface area (Å²) in [5.41, 5.74) is 6.35. The van der Waals surface area contributed by atoms with Gasteiger partial charge in [0.05, 0.1) is 5.92 Å². The molecular weight excluding hydrogens is 402 g/mol. The van der Waals surface area contributed by atoms with Gasteiger partial charge in [-0.25, -0.2) is 0 Å². The van der Waals surface area contributed by atoms with E-state index in [9.17, 15) is 14.4 Å². The molecule has 0 radical (unpaired) electrons. The number of rotatable bonds is 5. The highest BCUT2D eigenvalue weighted by Crippen LogP contribution is 2.35. The molecule has 0 aromatic heterocycles. The number of carbonyl (C=O) groups is 3. The maximum Gasteiger partial charge on any atom is 0.276 e. The minimum atomic E-state index is -0.585. The maximum atomic E-state index is 12.4. The maximum absolute atomic E-state index is 12.4. The summed E-state index contributed by atoms with van der Waals surface area (Å²) in [7, 11) is 0. The Morgan fingerprint density at radius 2 is 1.90 bits per heavy atom. The Kier molecular flexibility index (Phi) is 5.92. The lowest BCUT2D eigenvalue weighted by atomic mass is 10.1. The SMILES string of the molecule is Cc1cccc(OCC(=O)NNC(=O)C2CC(=O)N(c3ccc4c(c3)OCCO4)C2)c1. The lowest BCUT2D eigenvalue weighted by Crippen LogP contribution is -2.46. The summed E-state index contributed by atoms with van der Waals surface area (Å²) in [6.07, 6.45) is 0.0515. The Labute approximate surface area is 179 Å². The first-order valence-corrected chi connectivity index (χ1v) is 9.98. The molecule has 2 aliphatic rings. The van der Waals surface area contributed by atoms with Gasteiger partial charge in [0.25, 0.3) is 5.91 Å². The van der Waals surface area contributed by atoms with Crippen LogP contribution >= 0.6 is 0 Å². The molecule has 162 valence electrons. The first-order valence-electron chi connectivity index (χ1n) is 9.98.